The molecule has 0 bridgehead atoms. The average Bonchev–Trinajstić information content (AvgIpc) is 2.40. The van der Waals surface area contributed by atoms with E-state index in [2.05, 4.69) is 17.9 Å². The summed E-state index contributed by atoms with van der Waals surface area (Å²) in [6.45, 7) is 7.15. The lowest BCUT2D eigenvalue weighted by Crippen LogP contribution is -2.32. The topological polar surface area (TPSA) is 32.7 Å². The Labute approximate surface area is 122 Å². The van der Waals surface area contributed by atoms with Crippen LogP contribution in [-0.2, 0) is 6.54 Å². The van der Waals surface area contributed by atoms with Gasteiger partial charge in [-0.15, -0.1) is 0 Å². The lowest BCUT2D eigenvalue weighted by molar-refractivity contribution is 0.176. The van der Waals surface area contributed by atoms with Crippen molar-refractivity contribution in [3.05, 3.63) is 29.3 Å². The molecule has 1 aromatic carbocycles. The van der Waals surface area contributed by atoms with Gasteiger partial charge >= 0.3 is 0 Å². The standard InChI is InChI=1S/C17H27NO2/c1-4-18(11-14-6-5-7-14)12-16-10-15(13(2)19)8-9-17(16)20-3/h8-10,13-14,19H,4-7,11-12H2,1-3H3. The van der Waals surface area contributed by atoms with Gasteiger partial charge in [-0.2, -0.15) is 0 Å². The summed E-state index contributed by atoms with van der Waals surface area (Å²) in [7, 11) is 1.71. The van der Waals surface area contributed by atoms with Crippen molar-refractivity contribution in [2.45, 2.75) is 45.8 Å². The first kappa shape index (κ1) is 15.3. The highest BCUT2D eigenvalue weighted by molar-refractivity contribution is 5.38. The third-order valence-electron chi connectivity index (χ3n) is 4.37. The highest BCUT2D eigenvalue weighted by atomic mass is 16.5. The van der Waals surface area contributed by atoms with Crippen LogP contribution < -0.4 is 4.74 Å². The van der Waals surface area contributed by atoms with Crippen LogP contribution in [0.2, 0.25) is 0 Å². The van der Waals surface area contributed by atoms with E-state index in [-0.39, 0.29) is 0 Å². The summed E-state index contributed by atoms with van der Waals surface area (Å²) in [4.78, 5) is 2.48. The highest BCUT2D eigenvalue weighted by Gasteiger charge is 2.20. The first-order valence-electron chi connectivity index (χ1n) is 7.71. The molecule has 2 rings (SSSR count). The fourth-order valence-corrected chi connectivity index (χ4v) is 2.77. The van der Waals surface area contributed by atoms with Gasteiger partial charge < -0.3 is 9.84 Å². The van der Waals surface area contributed by atoms with Crippen molar-refractivity contribution in [3.63, 3.8) is 0 Å². The molecule has 0 aliphatic heterocycles. The molecule has 1 aromatic rings. The van der Waals surface area contributed by atoms with Crippen LogP contribution in [0.25, 0.3) is 0 Å². The molecule has 0 saturated heterocycles. The van der Waals surface area contributed by atoms with Crippen molar-refractivity contribution in [1.29, 1.82) is 0 Å². The highest BCUT2D eigenvalue weighted by Crippen LogP contribution is 2.29. The van der Waals surface area contributed by atoms with Crippen LogP contribution >= 0.6 is 0 Å². The predicted octanol–water partition coefficient (Wildman–Crippen LogP) is 3.37. The van der Waals surface area contributed by atoms with Crippen molar-refractivity contribution < 1.29 is 9.84 Å². The van der Waals surface area contributed by atoms with Gasteiger partial charge in [-0.05, 0) is 49.9 Å². The Morgan fingerprint density at radius 2 is 2.15 bits per heavy atom. The van der Waals surface area contributed by atoms with Crippen LogP contribution in [0.5, 0.6) is 5.75 Å². The van der Waals surface area contributed by atoms with Crippen LogP contribution in [0, 0.1) is 5.92 Å². The van der Waals surface area contributed by atoms with Gasteiger partial charge in [0.1, 0.15) is 5.75 Å². The van der Waals surface area contributed by atoms with E-state index in [4.69, 9.17) is 4.74 Å². The average molecular weight is 277 g/mol. The molecule has 0 spiro atoms. The van der Waals surface area contributed by atoms with Gasteiger partial charge in [0, 0.05) is 18.7 Å². The molecule has 1 unspecified atom stereocenters. The Kier molecular flexibility index (Phi) is 5.44. The molecule has 0 heterocycles. The van der Waals surface area contributed by atoms with Crippen molar-refractivity contribution in [2.75, 3.05) is 20.2 Å². The molecule has 1 N–H and O–H groups in total. The number of aliphatic hydroxyl groups is 1. The Hall–Kier alpha value is -1.06. The molecule has 112 valence electrons. The van der Waals surface area contributed by atoms with Crippen molar-refractivity contribution in [3.8, 4) is 5.75 Å². The minimum atomic E-state index is -0.429. The number of hydrogen-bond donors (Lipinski definition) is 1. The first-order valence-corrected chi connectivity index (χ1v) is 7.71. The summed E-state index contributed by atoms with van der Waals surface area (Å²) in [6.07, 6.45) is 3.72. The van der Waals surface area contributed by atoms with Gasteiger partial charge in [-0.1, -0.05) is 19.4 Å². The Morgan fingerprint density at radius 1 is 1.40 bits per heavy atom. The summed E-state index contributed by atoms with van der Waals surface area (Å²) >= 11 is 0. The van der Waals surface area contributed by atoms with Gasteiger partial charge in [0.25, 0.3) is 0 Å². The third kappa shape index (κ3) is 3.74. The summed E-state index contributed by atoms with van der Waals surface area (Å²) in [5, 5.41) is 9.74. The van der Waals surface area contributed by atoms with E-state index in [0.717, 1.165) is 30.3 Å². The number of hydrogen-bond acceptors (Lipinski definition) is 3. The van der Waals surface area contributed by atoms with E-state index >= 15 is 0 Å². The third-order valence-corrected chi connectivity index (χ3v) is 4.37. The van der Waals surface area contributed by atoms with Crippen molar-refractivity contribution >= 4 is 0 Å². The maximum atomic E-state index is 9.74. The zero-order valence-electron chi connectivity index (χ0n) is 12.9. The number of methoxy groups -OCH3 is 1. The zero-order valence-corrected chi connectivity index (χ0v) is 12.9. The summed E-state index contributed by atoms with van der Waals surface area (Å²) in [5.41, 5.74) is 2.13. The summed E-state index contributed by atoms with van der Waals surface area (Å²) in [6, 6.07) is 5.98. The SMILES string of the molecule is CCN(Cc1cc(C(C)O)ccc1OC)CC1CCC1. The van der Waals surface area contributed by atoms with E-state index in [9.17, 15) is 5.11 Å². The molecular formula is C17H27NO2. The molecule has 1 fully saturated rings. The van der Waals surface area contributed by atoms with Crippen LogP contribution in [-0.4, -0.2) is 30.2 Å². The number of nitrogens with zero attached hydrogens (tertiary/aromatic N) is 1. The normalized spacial score (nSPS) is 17.1. The smallest absolute Gasteiger partial charge is 0.123 e. The van der Waals surface area contributed by atoms with Crippen molar-refractivity contribution in [2.24, 2.45) is 5.92 Å². The van der Waals surface area contributed by atoms with E-state index in [1.165, 1.54) is 31.4 Å². The van der Waals surface area contributed by atoms with Crippen LogP contribution in [0.3, 0.4) is 0 Å². The molecule has 20 heavy (non-hydrogen) atoms. The molecule has 3 nitrogen and oxygen atoms in total. The van der Waals surface area contributed by atoms with Gasteiger partial charge in [-0.3, -0.25) is 4.90 Å². The second-order valence-electron chi connectivity index (χ2n) is 5.87. The molecule has 1 aliphatic rings. The summed E-state index contributed by atoms with van der Waals surface area (Å²) < 4.78 is 5.46. The molecule has 1 saturated carbocycles. The van der Waals surface area contributed by atoms with Gasteiger partial charge in [0.05, 0.1) is 13.2 Å². The van der Waals surface area contributed by atoms with E-state index < -0.39 is 6.10 Å². The minimum absolute atomic E-state index is 0.429. The van der Waals surface area contributed by atoms with Crippen molar-refractivity contribution in [1.82, 2.24) is 4.90 Å². The second-order valence-corrected chi connectivity index (χ2v) is 5.87. The lowest BCUT2D eigenvalue weighted by Gasteiger charge is -2.32. The molecule has 0 aromatic heterocycles. The Bertz CT molecular complexity index is 427. The fourth-order valence-electron chi connectivity index (χ4n) is 2.77. The fraction of sp³-hybridized carbons (Fsp3) is 0.647. The Balaban J connectivity index is 2.09. The van der Waals surface area contributed by atoms with Gasteiger partial charge in [0.2, 0.25) is 0 Å². The number of ether oxygens (including phenoxy) is 1. The second kappa shape index (κ2) is 7.09. The van der Waals surface area contributed by atoms with Gasteiger partial charge in [-0.25, -0.2) is 0 Å². The first-order chi connectivity index (χ1) is 9.63. The molecule has 0 radical (unpaired) electrons. The van der Waals surface area contributed by atoms with E-state index in [0.29, 0.717) is 0 Å². The van der Waals surface area contributed by atoms with Crippen LogP contribution in [0.15, 0.2) is 18.2 Å². The lowest BCUT2D eigenvalue weighted by atomic mass is 9.85. The predicted molar refractivity (Wildman–Crippen MR) is 81.9 cm³/mol. The monoisotopic (exact) mass is 277 g/mol. The van der Waals surface area contributed by atoms with E-state index in [1.54, 1.807) is 14.0 Å². The number of benzene rings is 1. The Morgan fingerprint density at radius 3 is 2.65 bits per heavy atom. The summed E-state index contributed by atoms with van der Waals surface area (Å²) in [5.74, 6) is 1.79. The molecule has 3 heteroatoms. The number of aliphatic hydroxyl groups excluding tert-OH is 1. The van der Waals surface area contributed by atoms with Crippen LogP contribution in [0.4, 0.5) is 0 Å². The maximum Gasteiger partial charge on any atom is 0.123 e. The van der Waals surface area contributed by atoms with E-state index in [1.807, 2.05) is 12.1 Å². The largest absolute Gasteiger partial charge is 0.496 e. The molecule has 1 aliphatic carbocycles. The zero-order chi connectivity index (χ0) is 14.5. The molecule has 1 atom stereocenters. The number of rotatable bonds is 7. The quantitative estimate of drug-likeness (QED) is 0.829. The van der Waals surface area contributed by atoms with Crippen LogP contribution in [0.1, 0.15) is 50.3 Å². The van der Waals surface area contributed by atoms with Gasteiger partial charge in [0.15, 0.2) is 0 Å². The molecular weight excluding hydrogens is 250 g/mol. The molecule has 0 amide bonds. The maximum absolute atomic E-state index is 9.74. The minimum Gasteiger partial charge on any atom is -0.496 e.